The van der Waals surface area contributed by atoms with Gasteiger partial charge < -0.3 is 15.4 Å². The highest BCUT2D eigenvalue weighted by Gasteiger charge is 2.03. The van der Waals surface area contributed by atoms with E-state index >= 15 is 0 Å². The van der Waals surface area contributed by atoms with Crippen LogP contribution in [0, 0.1) is 6.92 Å². The molecule has 0 radical (unpaired) electrons. The topological polar surface area (TPSA) is 50.4 Å². The number of hydrogen-bond donors (Lipinski definition) is 2. The number of urea groups is 1. The van der Waals surface area contributed by atoms with E-state index in [1.165, 1.54) is 7.11 Å². The van der Waals surface area contributed by atoms with Crippen LogP contribution in [0.2, 0.25) is 0 Å². The molecule has 0 fully saturated rings. The molecule has 0 saturated carbocycles. The number of anilines is 1. The molecule has 0 aliphatic heterocycles. The fraction of sp³-hybridized carbons (Fsp3) is 0.300. The summed E-state index contributed by atoms with van der Waals surface area (Å²) in [5, 5.41) is 5.26. The van der Waals surface area contributed by atoms with Gasteiger partial charge in [0.05, 0.1) is 0 Å². The van der Waals surface area contributed by atoms with E-state index in [9.17, 15) is 4.79 Å². The summed E-state index contributed by atoms with van der Waals surface area (Å²) in [6.45, 7) is 2.12. The average Bonchev–Trinajstić information content (AvgIpc) is 2.19. The summed E-state index contributed by atoms with van der Waals surface area (Å²) < 4.78 is 5.71. The lowest BCUT2D eigenvalue weighted by atomic mass is 10.2. The minimum absolute atomic E-state index is 0.196. The third kappa shape index (κ3) is 3.89. The standard InChI is InChI=1S/C10H13BrN2O2/c1-7-5-8(11)3-4-9(7)13-10(14)12-6-15-2/h3-5H,6H2,1-2H3,(H2,12,13,14). The van der Waals surface area contributed by atoms with E-state index in [1.54, 1.807) is 0 Å². The number of halogens is 1. The van der Waals surface area contributed by atoms with Gasteiger partial charge in [-0.2, -0.15) is 0 Å². The Bertz CT molecular complexity index is 355. The van der Waals surface area contributed by atoms with E-state index < -0.39 is 0 Å². The molecule has 0 bridgehead atoms. The minimum atomic E-state index is -0.276. The van der Waals surface area contributed by atoms with Crippen molar-refractivity contribution in [1.29, 1.82) is 0 Å². The molecule has 0 spiro atoms. The highest BCUT2D eigenvalue weighted by Crippen LogP contribution is 2.19. The molecule has 0 aliphatic carbocycles. The number of nitrogens with one attached hydrogen (secondary N) is 2. The number of rotatable bonds is 3. The molecular weight excluding hydrogens is 260 g/mol. The van der Waals surface area contributed by atoms with E-state index in [4.69, 9.17) is 4.74 Å². The van der Waals surface area contributed by atoms with Crippen molar-refractivity contribution < 1.29 is 9.53 Å². The molecule has 2 amide bonds. The highest BCUT2D eigenvalue weighted by molar-refractivity contribution is 9.10. The smallest absolute Gasteiger partial charge is 0.321 e. The first-order valence-corrected chi connectivity index (χ1v) is 5.22. The molecule has 2 N–H and O–H groups in total. The van der Waals surface area contributed by atoms with Gasteiger partial charge in [-0.25, -0.2) is 4.79 Å². The molecule has 0 unspecified atom stereocenters. The van der Waals surface area contributed by atoms with Crippen molar-refractivity contribution in [3.8, 4) is 0 Å². The fourth-order valence-electron chi connectivity index (χ4n) is 1.07. The van der Waals surface area contributed by atoms with Crippen molar-refractivity contribution in [2.45, 2.75) is 6.92 Å². The molecule has 15 heavy (non-hydrogen) atoms. The minimum Gasteiger partial charge on any atom is -0.364 e. The number of aryl methyl sites for hydroxylation is 1. The van der Waals surface area contributed by atoms with Crippen molar-refractivity contribution in [1.82, 2.24) is 5.32 Å². The van der Waals surface area contributed by atoms with Gasteiger partial charge in [0, 0.05) is 17.3 Å². The lowest BCUT2D eigenvalue weighted by Crippen LogP contribution is -2.30. The van der Waals surface area contributed by atoms with Gasteiger partial charge in [0.1, 0.15) is 6.73 Å². The zero-order chi connectivity index (χ0) is 11.3. The highest BCUT2D eigenvalue weighted by atomic mass is 79.9. The van der Waals surface area contributed by atoms with E-state index in [-0.39, 0.29) is 12.8 Å². The molecule has 0 aliphatic rings. The summed E-state index contributed by atoms with van der Waals surface area (Å²) in [7, 11) is 1.52. The maximum atomic E-state index is 11.3. The van der Waals surface area contributed by atoms with Crippen molar-refractivity contribution in [3.63, 3.8) is 0 Å². The summed E-state index contributed by atoms with van der Waals surface area (Å²) in [5.41, 5.74) is 1.78. The van der Waals surface area contributed by atoms with Gasteiger partial charge in [-0.3, -0.25) is 0 Å². The molecule has 0 aromatic heterocycles. The molecule has 4 nitrogen and oxygen atoms in total. The Labute approximate surface area is 97.1 Å². The van der Waals surface area contributed by atoms with Gasteiger partial charge >= 0.3 is 6.03 Å². The molecule has 0 heterocycles. The predicted octanol–water partition coefficient (Wildman–Crippen LogP) is 2.48. The van der Waals surface area contributed by atoms with Crippen LogP contribution in [0.4, 0.5) is 10.5 Å². The van der Waals surface area contributed by atoms with Gasteiger partial charge in [-0.05, 0) is 30.7 Å². The van der Waals surface area contributed by atoms with Crippen LogP contribution >= 0.6 is 15.9 Å². The Balaban J connectivity index is 2.60. The fourth-order valence-corrected chi connectivity index (χ4v) is 1.55. The zero-order valence-corrected chi connectivity index (χ0v) is 10.2. The van der Waals surface area contributed by atoms with Crippen LogP contribution in [-0.4, -0.2) is 19.9 Å². The molecule has 0 saturated heterocycles. The molecule has 1 aromatic carbocycles. The Hall–Kier alpha value is -1.07. The summed E-state index contributed by atoms with van der Waals surface area (Å²) in [6.07, 6.45) is 0. The summed E-state index contributed by atoms with van der Waals surface area (Å²) >= 11 is 3.36. The van der Waals surface area contributed by atoms with E-state index in [1.807, 2.05) is 25.1 Å². The number of amides is 2. The van der Waals surface area contributed by atoms with Crippen molar-refractivity contribution in [2.24, 2.45) is 0 Å². The normalized spacial score (nSPS) is 9.80. The predicted molar refractivity (Wildman–Crippen MR) is 62.9 cm³/mol. The van der Waals surface area contributed by atoms with Crippen LogP contribution in [0.5, 0.6) is 0 Å². The third-order valence-electron chi connectivity index (χ3n) is 1.81. The quantitative estimate of drug-likeness (QED) is 0.831. The molecule has 82 valence electrons. The maximum absolute atomic E-state index is 11.3. The zero-order valence-electron chi connectivity index (χ0n) is 8.63. The maximum Gasteiger partial charge on any atom is 0.321 e. The second-order valence-corrected chi connectivity index (χ2v) is 3.94. The van der Waals surface area contributed by atoms with Crippen molar-refractivity contribution in [3.05, 3.63) is 28.2 Å². The van der Waals surface area contributed by atoms with Crippen molar-refractivity contribution >= 4 is 27.6 Å². The van der Waals surface area contributed by atoms with Crippen LogP contribution in [0.1, 0.15) is 5.56 Å². The third-order valence-corrected chi connectivity index (χ3v) is 2.31. The molecule has 1 aromatic rings. The summed E-state index contributed by atoms with van der Waals surface area (Å²) in [5.74, 6) is 0. The van der Waals surface area contributed by atoms with Gasteiger partial charge in [0.2, 0.25) is 0 Å². The number of methoxy groups -OCH3 is 1. The number of carbonyl (C=O) groups is 1. The number of hydrogen-bond acceptors (Lipinski definition) is 2. The Morgan fingerprint density at radius 3 is 2.87 bits per heavy atom. The van der Waals surface area contributed by atoms with Gasteiger partial charge in [-0.15, -0.1) is 0 Å². The Kier molecular flexibility index (Phi) is 4.58. The Morgan fingerprint density at radius 2 is 2.27 bits per heavy atom. The molecular formula is C10H13BrN2O2. The summed E-state index contributed by atoms with van der Waals surface area (Å²) in [6, 6.07) is 5.37. The summed E-state index contributed by atoms with van der Waals surface area (Å²) in [4.78, 5) is 11.3. The molecule has 0 atom stereocenters. The first-order valence-electron chi connectivity index (χ1n) is 4.43. The van der Waals surface area contributed by atoms with Crippen LogP contribution in [0.3, 0.4) is 0 Å². The van der Waals surface area contributed by atoms with E-state index in [0.717, 1.165) is 15.7 Å². The van der Waals surface area contributed by atoms with Crippen LogP contribution < -0.4 is 10.6 Å². The SMILES string of the molecule is COCNC(=O)Nc1ccc(Br)cc1C. The number of ether oxygens (including phenoxy) is 1. The van der Waals surface area contributed by atoms with Gasteiger partial charge in [-0.1, -0.05) is 15.9 Å². The number of carbonyl (C=O) groups excluding carboxylic acids is 1. The lowest BCUT2D eigenvalue weighted by Gasteiger charge is -2.09. The second kappa shape index (κ2) is 5.72. The van der Waals surface area contributed by atoms with E-state index in [0.29, 0.717) is 0 Å². The number of benzene rings is 1. The van der Waals surface area contributed by atoms with Gasteiger partial charge in [0.15, 0.2) is 0 Å². The van der Waals surface area contributed by atoms with Crippen LogP contribution in [-0.2, 0) is 4.74 Å². The largest absolute Gasteiger partial charge is 0.364 e. The van der Waals surface area contributed by atoms with Crippen LogP contribution in [0.15, 0.2) is 22.7 Å². The molecule has 5 heteroatoms. The first kappa shape index (κ1) is 12.0. The molecule has 1 rings (SSSR count). The van der Waals surface area contributed by atoms with Gasteiger partial charge in [0.25, 0.3) is 0 Å². The van der Waals surface area contributed by atoms with Crippen LogP contribution in [0.25, 0.3) is 0 Å². The average molecular weight is 273 g/mol. The first-order chi connectivity index (χ1) is 7.13. The lowest BCUT2D eigenvalue weighted by molar-refractivity contribution is 0.177. The van der Waals surface area contributed by atoms with E-state index in [2.05, 4.69) is 26.6 Å². The monoisotopic (exact) mass is 272 g/mol. The van der Waals surface area contributed by atoms with Crippen molar-refractivity contribution in [2.75, 3.05) is 19.2 Å². The second-order valence-electron chi connectivity index (χ2n) is 3.02. The Morgan fingerprint density at radius 1 is 1.53 bits per heavy atom.